The molecule has 2 aromatic rings. The number of ether oxygens (including phenoxy) is 1. The van der Waals surface area contributed by atoms with Crippen LogP contribution in [0.2, 0.25) is 5.02 Å². The van der Waals surface area contributed by atoms with E-state index in [2.05, 4.69) is 17.6 Å². The van der Waals surface area contributed by atoms with Crippen molar-refractivity contribution < 1.29 is 9.53 Å². The molecule has 4 rings (SSSR count). The highest BCUT2D eigenvalue weighted by molar-refractivity contribution is 6.40. The maximum atomic E-state index is 13.1. The molecular formula is C23H25ClN4O2. The van der Waals surface area contributed by atoms with Gasteiger partial charge in [-0.25, -0.2) is 5.01 Å². The lowest BCUT2D eigenvalue weighted by Gasteiger charge is -2.28. The fourth-order valence-electron chi connectivity index (χ4n) is 3.90. The van der Waals surface area contributed by atoms with E-state index >= 15 is 0 Å². The second-order valence-corrected chi connectivity index (χ2v) is 7.84. The Kier molecular flexibility index (Phi) is 6.06. The smallest absolute Gasteiger partial charge is 0.282 e. The van der Waals surface area contributed by atoms with Crippen molar-refractivity contribution in [2.24, 2.45) is 11.0 Å². The zero-order valence-electron chi connectivity index (χ0n) is 17.1. The van der Waals surface area contributed by atoms with E-state index in [1.165, 1.54) is 0 Å². The highest BCUT2D eigenvalue weighted by Crippen LogP contribution is 2.41. The van der Waals surface area contributed by atoms with Gasteiger partial charge in [-0.15, -0.1) is 0 Å². The summed E-state index contributed by atoms with van der Waals surface area (Å²) in [5, 5.41) is 9.11. The standard InChI is InChI=1S/C23H25ClN4O2/c1-16-21(23(29)26-27-14-6-3-7-15-27)25-28(20-9-5-4-8-19(20)24)22(16)17-10-12-18(30-2)13-11-17/h3-6,8-13,16,22H,7,14-15H2,1-2H3,(H,26,29)/t16-,22+/m0/s1. The summed E-state index contributed by atoms with van der Waals surface area (Å²) in [7, 11) is 1.64. The number of hydrazone groups is 1. The number of para-hydroxylation sites is 1. The molecule has 2 heterocycles. The van der Waals surface area contributed by atoms with Gasteiger partial charge in [-0.2, -0.15) is 5.10 Å². The molecule has 0 saturated carbocycles. The van der Waals surface area contributed by atoms with Crippen molar-refractivity contribution in [3.8, 4) is 5.75 Å². The number of hydrogen-bond donors (Lipinski definition) is 1. The first-order valence-electron chi connectivity index (χ1n) is 10.1. The molecule has 0 aliphatic carbocycles. The molecule has 7 heteroatoms. The lowest BCUT2D eigenvalue weighted by Crippen LogP contribution is -2.47. The Labute approximate surface area is 181 Å². The molecule has 30 heavy (non-hydrogen) atoms. The minimum Gasteiger partial charge on any atom is -0.497 e. The zero-order valence-corrected chi connectivity index (χ0v) is 17.8. The van der Waals surface area contributed by atoms with Crippen molar-refractivity contribution in [1.29, 1.82) is 0 Å². The largest absolute Gasteiger partial charge is 0.497 e. The zero-order chi connectivity index (χ0) is 21.1. The van der Waals surface area contributed by atoms with Crippen LogP contribution < -0.4 is 15.2 Å². The third-order valence-corrected chi connectivity index (χ3v) is 5.81. The maximum absolute atomic E-state index is 13.1. The number of nitrogens with zero attached hydrogens (tertiary/aromatic N) is 3. The molecule has 1 N–H and O–H groups in total. The van der Waals surface area contributed by atoms with Gasteiger partial charge in [0.2, 0.25) is 0 Å². The molecule has 1 amide bonds. The number of hydrazine groups is 1. The van der Waals surface area contributed by atoms with E-state index in [4.69, 9.17) is 21.4 Å². The molecule has 6 nitrogen and oxygen atoms in total. The van der Waals surface area contributed by atoms with Gasteiger partial charge in [0, 0.05) is 19.0 Å². The Hall–Kier alpha value is -2.83. The van der Waals surface area contributed by atoms with Gasteiger partial charge >= 0.3 is 0 Å². The quantitative estimate of drug-likeness (QED) is 0.731. The summed E-state index contributed by atoms with van der Waals surface area (Å²) in [5.41, 5.74) is 5.30. The molecule has 0 unspecified atom stereocenters. The number of halogens is 1. The molecule has 2 aliphatic rings. The normalized spacial score (nSPS) is 21.4. The Morgan fingerprint density at radius 3 is 2.60 bits per heavy atom. The second-order valence-electron chi connectivity index (χ2n) is 7.43. The van der Waals surface area contributed by atoms with Crippen LogP contribution in [-0.4, -0.2) is 36.8 Å². The Morgan fingerprint density at radius 1 is 1.17 bits per heavy atom. The molecule has 0 aromatic heterocycles. The lowest BCUT2D eigenvalue weighted by atomic mass is 9.91. The second kappa shape index (κ2) is 8.90. The number of hydrogen-bond acceptors (Lipinski definition) is 5. The number of methoxy groups -OCH3 is 1. The predicted molar refractivity (Wildman–Crippen MR) is 120 cm³/mol. The van der Waals surface area contributed by atoms with Crippen LogP contribution >= 0.6 is 11.6 Å². The van der Waals surface area contributed by atoms with Crippen molar-refractivity contribution >= 4 is 28.9 Å². The number of benzene rings is 2. The van der Waals surface area contributed by atoms with Gasteiger partial charge in [0.05, 0.1) is 23.9 Å². The summed E-state index contributed by atoms with van der Waals surface area (Å²) in [4.78, 5) is 13.1. The molecule has 2 aliphatic heterocycles. The summed E-state index contributed by atoms with van der Waals surface area (Å²) < 4.78 is 5.29. The molecule has 2 atom stereocenters. The average molecular weight is 425 g/mol. The first-order valence-corrected chi connectivity index (χ1v) is 10.4. The fraction of sp³-hybridized carbons (Fsp3) is 0.304. The van der Waals surface area contributed by atoms with Crippen molar-refractivity contribution in [3.05, 3.63) is 71.3 Å². The van der Waals surface area contributed by atoms with E-state index in [1.54, 1.807) is 7.11 Å². The van der Waals surface area contributed by atoms with Crippen LogP contribution in [0.4, 0.5) is 5.69 Å². The van der Waals surface area contributed by atoms with Gasteiger partial charge in [0.15, 0.2) is 0 Å². The molecular weight excluding hydrogens is 400 g/mol. The Balaban J connectivity index is 1.67. The third-order valence-electron chi connectivity index (χ3n) is 5.49. The maximum Gasteiger partial charge on any atom is 0.282 e. The van der Waals surface area contributed by atoms with Crippen molar-refractivity contribution in [1.82, 2.24) is 10.4 Å². The Morgan fingerprint density at radius 2 is 1.93 bits per heavy atom. The van der Waals surface area contributed by atoms with Crippen LogP contribution in [0, 0.1) is 5.92 Å². The van der Waals surface area contributed by atoms with Gasteiger partial charge < -0.3 is 4.74 Å². The Bertz CT molecular complexity index is 973. The number of rotatable bonds is 5. The first kappa shape index (κ1) is 20.4. The topological polar surface area (TPSA) is 57.2 Å². The predicted octanol–water partition coefficient (Wildman–Crippen LogP) is 4.20. The molecule has 0 saturated heterocycles. The fourth-order valence-corrected chi connectivity index (χ4v) is 4.12. The first-order chi connectivity index (χ1) is 14.6. The molecule has 0 bridgehead atoms. The van der Waals surface area contributed by atoms with E-state index in [0.717, 1.165) is 30.0 Å². The number of anilines is 1. The van der Waals surface area contributed by atoms with Gasteiger partial charge in [-0.3, -0.25) is 15.2 Å². The monoisotopic (exact) mass is 424 g/mol. The summed E-state index contributed by atoms with van der Waals surface area (Å²) in [6, 6.07) is 15.3. The van der Waals surface area contributed by atoms with Crippen LogP contribution in [0.1, 0.15) is 24.9 Å². The van der Waals surface area contributed by atoms with Crippen LogP contribution in [-0.2, 0) is 4.79 Å². The van der Waals surface area contributed by atoms with Crippen molar-refractivity contribution in [2.45, 2.75) is 19.4 Å². The SMILES string of the molecule is COc1ccc([C@H]2[C@@H](C)C(C(=O)NN3CC=CCC3)=NN2c2ccccc2Cl)cc1. The highest BCUT2D eigenvalue weighted by atomic mass is 35.5. The van der Waals surface area contributed by atoms with Crippen molar-refractivity contribution in [3.63, 3.8) is 0 Å². The van der Waals surface area contributed by atoms with E-state index in [1.807, 2.05) is 65.5 Å². The molecule has 2 aromatic carbocycles. The minimum absolute atomic E-state index is 0.130. The van der Waals surface area contributed by atoms with E-state index < -0.39 is 0 Å². The number of nitrogens with one attached hydrogen (secondary N) is 1. The molecule has 0 fully saturated rings. The summed E-state index contributed by atoms with van der Waals surface area (Å²) in [6.07, 6.45) is 5.10. The molecule has 0 radical (unpaired) electrons. The van der Waals surface area contributed by atoms with Gasteiger partial charge in [0.1, 0.15) is 11.5 Å². The minimum atomic E-state index is -0.175. The van der Waals surface area contributed by atoms with E-state index in [-0.39, 0.29) is 17.9 Å². The highest BCUT2D eigenvalue weighted by Gasteiger charge is 2.40. The van der Waals surface area contributed by atoms with Gasteiger partial charge in [-0.1, -0.05) is 54.9 Å². The summed E-state index contributed by atoms with van der Waals surface area (Å²) in [6.45, 7) is 3.52. The molecule has 0 spiro atoms. The number of carbonyl (C=O) groups is 1. The number of amides is 1. The lowest BCUT2D eigenvalue weighted by molar-refractivity contribution is -0.119. The molecule has 156 valence electrons. The number of carbonyl (C=O) groups excluding carboxylic acids is 1. The van der Waals surface area contributed by atoms with Crippen LogP contribution in [0.3, 0.4) is 0 Å². The summed E-state index contributed by atoms with van der Waals surface area (Å²) >= 11 is 6.49. The van der Waals surface area contributed by atoms with Crippen LogP contribution in [0.15, 0.2) is 65.8 Å². The van der Waals surface area contributed by atoms with Crippen LogP contribution in [0.25, 0.3) is 0 Å². The van der Waals surface area contributed by atoms with Gasteiger partial charge in [0.25, 0.3) is 5.91 Å². The van der Waals surface area contributed by atoms with Gasteiger partial charge in [-0.05, 0) is 36.2 Å². The summed E-state index contributed by atoms with van der Waals surface area (Å²) in [5.74, 6) is 0.478. The van der Waals surface area contributed by atoms with Crippen LogP contribution in [0.5, 0.6) is 5.75 Å². The van der Waals surface area contributed by atoms with E-state index in [0.29, 0.717) is 17.3 Å². The van der Waals surface area contributed by atoms with E-state index in [9.17, 15) is 4.79 Å². The van der Waals surface area contributed by atoms with Crippen molar-refractivity contribution in [2.75, 3.05) is 25.2 Å². The average Bonchev–Trinajstić information content (AvgIpc) is 3.12. The third kappa shape index (κ3) is 4.06.